The smallest absolute Gasteiger partial charge is 0.303 e. The lowest BCUT2D eigenvalue weighted by Gasteiger charge is -2.32. The van der Waals surface area contributed by atoms with Crippen LogP contribution in [0.25, 0.3) is 0 Å². The van der Waals surface area contributed by atoms with Crippen molar-refractivity contribution in [2.75, 3.05) is 0 Å². The van der Waals surface area contributed by atoms with Crippen molar-refractivity contribution in [2.24, 2.45) is 0 Å². The molecule has 2 atom stereocenters. The molecule has 1 fully saturated rings. The maximum atomic E-state index is 12.5. The molecule has 0 spiro atoms. The summed E-state index contributed by atoms with van der Waals surface area (Å²) < 4.78 is 37.6. The number of rotatable bonds is 6. The highest BCUT2D eigenvalue weighted by Gasteiger charge is 2.41. The number of nitrogens with one attached hydrogen (secondary N) is 1. The van der Waals surface area contributed by atoms with Crippen LogP contribution in [0.5, 0.6) is 0 Å². The quantitative estimate of drug-likeness (QED) is 0.689. The van der Waals surface area contributed by atoms with E-state index >= 15 is 0 Å². The van der Waals surface area contributed by atoms with Gasteiger partial charge in [0.25, 0.3) is 0 Å². The van der Waals surface area contributed by atoms with E-state index in [-0.39, 0.29) is 12.5 Å². The van der Waals surface area contributed by atoms with Gasteiger partial charge in [0.05, 0.1) is 0 Å². The van der Waals surface area contributed by atoms with Crippen LogP contribution >= 0.6 is 0 Å². The third-order valence-electron chi connectivity index (χ3n) is 3.53. The van der Waals surface area contributed by atoms with Gasteiger partial charge >= 0.3 is 6.18 Å². The molecule has 17 heavy (non-hydrogen) atoms. The number of alkyl halides is 3. The molecule has 0 radical (unpaired) electrons. The van der Waals surface area contributed by atoms with Gasteiger partial charge in [-0.25, -0.2) is 0 Å². The number of hydrogen-bond acceptors (Lipinski definition) is 1. The van der Waals surface area contributed by atoms with Crippen molar-refractivity contribution >= 4 is 0 Å². The second-order valence-corrected chi connectivity index (χ2v) is 5.09. The highest BCUT2D eigenvalue weighted by Crippen LogP contribution is 2.29. The second-order valence-electron chi connectivity index (χ2n) is 5.09. The molecule has 1 aliphatic rings. The van der Waals surface area contributed by atoms with E-state index < -0.39 is 12.2 Å². The zero-order valence-corrected chi connectivity index (χ0v) is 10.7. The van der Waals surface area contributed by atoms with Crippen molar-refractivity contribution in [1.29, 1.82) is 0 Å². The molecule has 0 aromatic rings. The van der Waals surface area contributed by atoms with Crippen molar-refractivity contribution in [3.8, 4) is 0 Å². The van der Waals surface area contributed by atoms with Gasteiger partial charge in [-0.05, 0) is 19.3 Å². The topological polar surface area (TPSA) is 12.0 Å². The Morgan fingerprint density at radius 1 is 1.06 bits per heavy atom. The van der Waals surface area contributed by atoms with Gasteiger partial charge in [0.2, 0.25) is 0 Å². The van der Waals surface area contributed by atoms with E-state index in [9.17, 15) is 13.2 Å². The molecule has 1 nitrogen and oxygen atoms in total. The van der Waals surface area contributed by atoms with Gasteiger partial charge in [0.15, 0.2) is 0 Å². The Labute approximate surface area is 102 Å². The summed E-state index contributed by atoms with van der Waals surface area (Å²) in [7, 11) is 0. The fraction of sp³-hybridized carbons (Fsp3) is 1.00. The van der Waals surface area contributed by atoms with Gasteiger partial charge in [-0.15, -0.1) is 0 Å². The molecule has 0 aliphatic carbocycles. The first-order valence-electron chi connectivity index (χ1n) is 6.86. The maximum absolute atomic E-state index is 12.5. The summed E-state index contributed by atoms with van der Waals surface area (Å²) in [6.07, 6.45) is 4.56. The molecule has 0 saturated carbocycles. The Morgan fingerprint density at radius 2 is 1.76 bits per heavy atom. The van der Waals surface area contributed by atoms with Crippen LogP contribution in [0, 0.1) is 0 Å². The summed E-state index contributed by atoms with van der Waals surface area (Å²) in [5.74, 6) is 0. The molecule has 2 unspecified atom stereocenters. The predicted octanol–water partition coefficient (Wildman–Crippen LogP) is 4.42. The van der Waals surface area contributed by atoms with E-state index in [1.165, 1.54) is 19.3 Å². The van der Waals surface area contributed by atoms with Crippen LogP contribution in [-0.4, -0.2) is 18.3 Å². The van der Waals surface area contributed by atoms with Crippen molar-refractivity contribution in [1.82, 2.24) is 5.32 Å². The van der Waals surface area contributed by atoms with E-state index in [1.54, 1.807) is 0 Å². The summed E-state index contributed by atoms with van der Waals surface area (Å²) in [5, 5.41) is 2.76. The highest BCUT2D eigenvalue weighted by molar-refractivity contribution is 4.84. The Morgan fingerprint density at radius 3 is 2.41 bits per heavy atom. The minimum atomic E-state index is -4.07. The summed E-state index contributed by atoms with van der Waals surface area (Å²) in [5.41, 5.74) is 0. The number of halogens is 3. The summed E-state index contributed by atoms with van der Waals surface area (Å²) in [6.45, 7) is 2.16. The van der Waals surface area contributed by atoms with E-state index in [4.69, 9.17) is 0 Å². The molecule has 0 aromatic heterocycles. The standard InChI is InChI=1S/C13H24F3N/c1-2-3-4-5-6-8-11-9-7-10-12(17-11)13(14,15)16/h11-12,17H,2-10H2,1H3. The molecule has 1 heterocycles. The molecule has 1 saturated heterocycles. The van der Waals surface area contributed by atoms with Gasteiger partial charge in [0.1, 0.15) is 6.04 Å². The Bertz CT molecular complexity index is 203. The summed E-state index contributed by atoms with van der Waals surface area (Å²) in [6, 6.07) is -1.19. The van der Waals surface area contributed by atoms with Crippen LogP contribution < -0.4 is 5.32 Å². The van der Waals surface area contributed by atoms with Crippen LogP contribution in [0.15, 0.2) is 0 Å². The summed E-state index contributed by atoms with van der Waals surface area (Å²) >= 11 is 0. The van der Waals surface area contributed by atoms with E-state index in [0.29, 0.717) is 6.42 Å². The first-order valence-corrected chi connectivity index (χ1v) is 6.86. The molecule has 1 rings (SSSR count). The highest BCUT2D eigenvalue weighted by atomic mass is 19.4. The van der Waals surface area contributed by atoms with Crippen molar-refractivity contribution in [3.63, 3.8) is 0 Å². The van der Waals surface area contributed by atoms with Crippen LogP contribution in [0.1, 0.15) is 64.7 Å². The van der Waals surface area contributed by atoms with E-state index in [2.05, 4.69) is 12.2 Å². The monoisotopic (exact) mass is 251 g/mol. The predicted molar refractivity (Wildman–Crippen MR) is 64.0 cm³/mol. The van der Waals surface area contributed by atoms with Gasteiger partial charge in [-0.1, -0.05) is 45.4 Å². The molecule has 1 aliphatic heterocycles. The maximum Gasteiger partial charge on any atom is 0.403 e. The number of piperidine rings is 1. The Balaban J connectivity index is 2.17. The minimum absolute atomic E-state index is 0.0806. The van der Waals surface area contributed by atoms with Crippen molar-refractivity contribution in [2.45, 2.75) is 83.0 Å². The van der Waals surface area contributed by atoms with Crippen LogP contribution in [-0.2, 0) is 0 Å². The van der Waals surface area contributed by atoms with Gasteiger partial charge in [-0.2, -0.15) is 13.2 Å². The number of unbranched alkanes of at least 4 members (excludes halogenated alkanes) is 4. The molecule has 0 amide bonds. The third-order valence-corrected chi connectivity index (χ3v) is 3.53. The van der Waals surface area contributed by atoms with Crippen LogP contribution in [0.4, 0.5) is 13.2 Å². The zero-order chi connectivity index (χ0) is 12.7. The van der Waals surface area contributed by atoms with Crippen molar-refractivity contribution < 1.29 is 13.2 Å². The lowest BCUT2D eigenvalue weighted by atomic mass is 9.94. The van der Waals surface area contributed by atoms with E-state index in [1.807, 2.05) is 0 Å². The molecule has 4 heteroatoms. The van der Waals surface area contributed by atoms with Crippen LogP contribution in [0.3, 0.4) is 0 Å². The number of hydrogen-bond donors (Lipinski definition) is 1. The van der Waals surface area contributed by atoms with E-state index in [0.717, 1.165) is 25.7 Å². The first-order chi connectivity index (χ1) is 8.04. The average molecular weight is 251 g/mol. The lowest BCUT2D eigenvalue weighted by Crippen LogP contribution is -2.50. The van der Waals surface area contributed by atoms with Gasteiger partial charge in [0, 0.05) is 6.04 Å². The van der Waals surface area contributed by atoms with Gasteiger partial charge in [-0.3, -0.25) is 0 Å². The Kier molecular flexibility index (Phi) is 6.31. The zero-order valence-electron chi connectivity index (χ0n) is 10.7. The normalized spacial score (nSPS) is 26.1. The lowest BCUT2D eigenvalue weighted by molar-refractivity contribution is -0.163. The fourth-order valence-electron chi connectivity index (χ4n) is 2.50. The second kappa shape index (κ2) is 7.24. The van der Waals surface area contributed by atoms with Crippen molar-refractivity contribution in [3.05, 3.63) is 0 Å². The molecule has 0 bridgehead atoms. The van der Waals surface area contributed by atoms with Crippen LogP contribution in [0.2, 0.25) is 0 Å². The summed E-state index contributed by atoms with van der Waals surface area (Å²) in [4.78, 5) is 0. The molecular weight excluding hydrogens is 227 g/mol. The molecule has 102 valence electrons. The average Bonchev–Trinajstić information content (AvgIpc) is 2.28. The largest absolute Gasteiger partial charge is 0.403 e. The molecule has 1 N–H and O–H groups in total. The van der Waals surface area contributed by atoms with Gasteiger partial charge < -0.3 is 5.32 Å². The first kappa shape index (κ1) is 14.8. The fourth-order valence-corrected chi connectivity index (χ4v) is 2.50. The Hall–Kier alpha value is -0.250. The SMILES string of the molecule is CCCCCCCC1CCCC(C(F)(F)F)N1. The molecule has 0 aromatic carbocycles. The minimum Gasteiger partial charge on any atom is -0.303 e. The third kappa shape index (κ3) is 5.75. The molecular formula is C13H24F3N.